The first kappa shape index (κ1) is 28.8. The number of hydrogen-bond acceptors (Lipinski definition) is 9. The molecule has 0 fully saturated rings. The number of tetrazole rings is 1. The number of benzene rings is 2. The number of primary amides is 1. The van der Waals surface area contributed by atoms with Crippen LogP contribution in [0.2, 0.25) is 0 Å². The molecule has 0 bridgehead atoms. The van der Waals surface area contributed by atoms with Gasteiger partial charge in [0.2, 0.25) is 5.82 Å². The minimum atomic E-state index is -4.50. The quantitative estimate of drug-likeness (QED) is 0.280. The van der Waals surface area contributed by atoms with Crippen LogP contribution in [0.4, 0.5) is 13.2 Å². The number of aromatic hydroxyl groups is 1. The minimum absolute atomic E-state index is 0.104. The summed E-state index contributed by atoms with van der Waals surface area (Å²) < 4.78 is 51.2. The molecule has 15 heteroatoms. The summed E-state index contributed by atoms with van der Waals surface area (Å²) in [6.07, 6.45) is -7.61. The third-order valence-corrected chi connectivity index (χ3v) is 5.93. The Balaban J connectivity index is 1.73. The van der Waals surface area contributed by atoms with Crippen LogP contribution in [0.5, 0.6) is 17.2 Å². The molecule has 1 heterocycles. The van der Waals surface area contributed by atoms with Crippen LogP contribution in [0.15, 0.2) is 28.7 Å². The Labute approximate surface area is 222 Å². The molecule has 0 radical (unpaired) electrons. The van der Waals surface area contributed by atoms with Crippen LogP contribution in [-0.2, 0) is 6.42 Å². The highest BCUT2D eigenvalue weighted by Gasteiger charge is 2.29. The van der Waals surface area contributed by atoms with Crippen molar-refractivity contribution in [1.82, 2.24) is 20.2 Å². The number of nitrogens with two attached hydrogens (primary N) is 1. The summed E-state index contributed by atoms with van der Waals surface area (Å²) in [4.78, 5) is 23.3. The number of amides is 1. The Morgan fingerprint density at radius 1 is 1.18 bits per heavy atom. The molecule has 4 N–H and O–H groups in total. The van der Waals surface area contributed by atoms with Crippen LogP contribution >= 0.6 is 15.9 Å². The predicted octanol–water partition coefficient (Wildman–Crippen LogP) is 3.05. The second-order valence-electron chi connectivity index (χ2n) is 8.23. The normalized spacial score (nSPS) is 12.3. The Morgan fingerprint density at radius 2 is 1.84 bits per heavy atom. The number of aromatic nitrogens is 4. The van der Waals surface area contributed by atoms with Gasteiger partial charge in [-0.05, 0) is 70.4 Å². The summed E-state index contributed by atoms with van der Waals surface area (Å²) in [7, 11) is 0. The topological polar surface area (TPSA) is 163 Å². The maximum Gasteiger partial charge on any atom is 0.389 e. The van der Waals surface area contributed by atoms with E-state index < -0.39 is 49.2 Å². The average molecular weight is 602 g/mol. The van der Waals surface area contributed by atoms with Gasteiger partial charge in [-0.25, -0.2) is 0 Å². The molecular formula is C23H23BrF3N5O6. The molecule has 38 heavy (non-hydrogen) atoms. The van der Waals surface area contributed by atoms with Crippen molar-refractivity contribution in [3.8, 4) is 22.9 Å². The van der Waals surface area contributed by atoms with Crippen molar-refractivity contribution in [2.24, 2.45) is 5.73 Å². The third-order valence-electron chi connectivity index (χ3n) is 5.31. The molecule has 1 amide bonds. The molecule has 2 aromatic carbocycles. The van der Waals surface area contributed by atoms with Gasteiger partial charge in [0.1, 0.15) is 36.6 Å². The number of Topliss-reactive ketones (excluding diaryl/α,β-unsaturated/α-hetero) is 1. The molecule has 0 saturated heterocycles. The van der Waals surface area contributed by atoms with E-state index in [1.165, 1.54) is 25.1 Å². The standard InChI is InChI=1S/C23H23BrF3N5O6/c1-11-7-16(24)19(8-17(11)32-22(21(28)36)29-30-31-32)38-10-13(34)9-37-18-4-3-14(12(2)33)20(35)15(18)5-6-23(25,26)27/h3-4,7-8,13,34-35H,5-6,9-10H2,1-2H3,(H2,28,36). The van der Waals surface area contributed by atoms with E-state index in [0.29, 0.717) is 15.7 Å². The van der Waals surface area contributed by atoms with Gasteiger partial charge >= 0.3 is 6.18 Å². The van der Waals surface area contributed by atoms with Crippen molar-refractivity contribution in [3.63, 3.8) is 0 Å². The van der Waals surface area contributed by atoms with Gasteiger partial charge in [0.05, 0.1) is 15.7 Å². The Hall–Kier alpha value is -3.72. The lowest BCUT2D eigenvalue weighted by molar-refractivity contribution is -0.134. The van der Waals surface area contributed by atoms with E-state index in [-0.39, 0.29) is 35.1 Å². The van der Waals surface area contributed by atoms with E-state index in [2.05, 4.69) is 31.5 Å². The molecule has 0 aliphatic carbocycles. The van der Waals surface area contributed by atoms with Crippen LogP contribution in [0.1, 0.15) is 45.4 Å². The number of ketones is 1. The molecule has 1 aromatic heterocycles. The SMILES string of the molecule is CC(=O)c1ccc(OCC(O)COc2cc(-n3nnnc3C(N)=O)c(C)cc2Br)c(CCC(F)(F)F)c1O. The van der Waals surface area contributed by atoms with Gasteiger partial charge in [-0.3, -0.25) is 9.59 Å². The van der Waals surface area contributed by atoms with E-state index in [9.17, 15) is 33.0 Å². The Morgan fingerprint density at radius 3 is 2.45 bits per heavy atom. The molecule has 3 rings (SSSR count). The summed E-state index contributed by atoms with van der Waals surface area (Å²) in [5, 5.41) is 31.5. The summed E-state index contributed by atoms with van der Waals surface area (Å²) in [6, 6.07) is 5.69. The van der Waals surface area contributed by atoms with Crippen molar-refractivity contribution in [3.05, 3.63) is 51.3 Å². The predicted molar refractivity (Wildman–Crippen MR) is 130 cm³/mol. The first-order valence-corrected chi connectivity index (χ1v) is 11.8. The number of hydrogen-bond donors (Lipinski definition) is 3. The van der Waals surface area contributed by atoms with Gasteiger partial charge in [0.15, 0.2) is 5.78 Å². The fraction of sp³-hybridized carbons (Fsp3) is 0.348. The zero-order valence-electron chi connectivity index (χ0n) is 20.1. The monoisotopic (exact) mass is 601 g/mol. The lowest BCUT2D eigenvalue weighted by Gasteiger charge is -2.19. The fourth-order valence-electron chi connectivity index (χ4n) is 3.45. The maximum atomic E-state index is 12.8. The maximum absolute atomic E-state index is 12.8. The molecular weight excluding hydrogens is 579 g/mol. The Bertz CT molecular complexity index is 1350. The van der Waals surface area contributed by atoms with Gasteiger partial charge in [0, 0.05) is 18.1 Å². The Kier molecular flexibility index (Phi) is 8.93. The van der Waals surface area contributed by atoms with Gasteiger partial charge < -0.3 is 25.4 Å². The number of carbonyl (C=O) groups is 2. The van der Waals surface area contributed by atoms with Crippen molar-refractivity contribution in [1.29, 1.82) is 0 Å². The molecule has 0 aliphatic heterocycles. The number of rotatable bonds is 11. The number of carbonyl (C=O) groups excluding carboxylic acids is 2. The number of phenolic OH excluding ortho intramolecular Hbond substituents is 1. The summed E-state index contributed by atoms with van der Waals surface area (Å²) in [5.74, 6) is -2.01. The van der Waals surface area contributed by atoms with E-state index in [1.54, 1.807) is 13.0 Å². The first-order valence-electron chi connectivity index (χ1n) is 11.0. The van der Waals surface area contributed by atoms with Crippen LogP contribution in [0.25, 0.3) is 5.69 Å². The highest BCUT2D eigenvalue weighted by molar-refractivity contribution is 9.10. The van der Waals surface area contributed by atoms with Crippen LogP contribution in [-0.4, -0.2) is 67.6 Å². The van der Waals surface area contributed by atoms with Gasteiger partial charge in [-0.2, -0.15) is 17.9 Å². The highest BCUT2D eigenvalue weighted by Crippen LogP contribution is 2.35. The molecule has 3 aromatic rings. The van der Waals surface area contributed by atoms with Gasteiger partial charge in [-0.1, -0.05) is 0 Å². The number of aryl methyl sites for hydroxylation is 1. The third kappa shape index (κ3) is 6.98. The summed E-state index contributed by atoms with van der Waals surface area (Å²) in [6.45, 7) is 2.22. The zero-order chi connectivity index (χ0) is 28.2. The summed E-state index contributed by atoms with van der Waals surface area (Å²) >= 11 is 3.35. The van der Waals surface area contributed by atoms with Crippen molar-refractivity contribution >= 4 is 27.6 Å². The number of nitrogens with zero attached hydrogens (tertiary/aromatic N) is 4. The van der Waals surface area contributed by atoms with Gasteiger partial charge in [-0.15, -0.1) is 5.10 Å². The lowest BCUT2D eigenvalue weighted by Crippen LogP contribution is -2.25. The second-order valence-corrected chi connectivity index (χ2v) is 9.09. The molecule has 0 saturated carbocycles. The van der Waals surface area contributed by atoms with Gasteiger partial charge in [0.25, 0.3) is 5.91 Å². The van der Waals surface area contributed by atoms with E-state index >= 15 is 0 Å². The second kappa shape index (κ2) is 11.8. The minimum Gasteiger partial charge on any atom is -0.507 e. The number of alkyl halides is 3. The van der Waals surface area contributed by atoms with E-state index in [4.69, 9.17) is 15.2 Å². The highest BCUT2D eigenvalue weighted by atomic mass is 79.9. The van der Waals surface area contributed by atoms with Crippen LogP contribution < -0.4 is 15.2 Å². The first-order chi connectivity index (χ1) is 17.8. The number of halogens is 4. The number of ether oxygens (including phenoxy) is 2. The molecule has 204 valence electrons. The largest absolute Gasteiger partial charge is 0.507 e. The van der Waals surface area contributed by atoms with Crippen molar-refractivity contribution < 1.29 is 42.4 Å². The van der Waals surface area contributed by atoms with Crippen LogP contribution in [0.3, 0.4) is 0 Å². The van der Waals surface area contributed by atoms with Crippen molar-refractivity contribution in [2.45, 2.75) is 39.0 Å². The molecule has 11 nitrogen and oxygen atoms in total. The average Bonchev–Trinajstić information content (AvgIpc) is 3.30. The summed E-state index contributed by atoms with van der Waals surface area (Å²) in [5.41, 5.74) is 6.03. The number of phenols is 1. The number of aliphatic hydroxyl groups excluding tert-OH is 1. The van der Waals surface area contributed by atoms with E-state index in [1.807, 2.05) is 0 Å². The number of aliphatic hydroxyl groups is 1. The molecule has 0 spiro atoms. The smallest absolute Gasteiger partial charge is 0.389 e. The van der Waals surface area contributed by atoms with Crippen LogP contribution in [0, 0.1) is 6.92 Å². The lowest BCUT2D eigenvalue weighted by atomic mass is 10.0. The van der Waals surface area contributed by atoms with Crippen molar-refractivity contribution in [2.75, 3.05) is 13.2 Å². The molecule has 0 aliphatic rings. The zero-order valence-corrected chi connectivity index (χ0v) is 21.7. The van der Waals surface area contributed by atoms with E-state index in [0.717, 1.165) is 4.68 Å². The molecule has 1 unspecified atom stereocenters. The fourth-order valence-corrected chi connectivity index (χ4v) is 4.02. The molecule has 1 atom stereocenters.